The van der Waals surface area contributed by atoms with Gasteiger partial charge in [0.25, 0.3) is 10.8 Å². The molecule has 1 aromatic rings. The number of nitrogens with zero attached hydrogens (tertiary/aromatic N) is 2. The van der Waals surface area contributed by atoms with Crippen molar-refractivity contribution in [1.82, 2.24) is 0 Å². The third kappa shape index (κ3) is 2.12. The van der Waals surface area contributed by atoms with E-state index in [4.69, 9.17) is 0 Å². The van der Waals surface area contributed by atoms with Crippen LogP contribution in [0, 0.1) is 20.2 Å². The molecule has 0 amide bonds. The summed E-state index contributed by atoms with van der Waals surface area (Å²) in [7, 11) is 0. The van der Waals surface area contributed by atoms with Gasteiger partial charge in [0.15, 0.2) is 0 Å². The molecule has 0 fully saturated rings. The van der Waals surface area contributed by atoms with Crippen LogP contribution in [-0.2, 0) is 0 Å². The molecule has 1 rings (SSSR count). The highest BCUT2D eigenvalue weighted by atomic mass is 17.0. The van der Waals surface area contributed by atoms with Crippen LogP contribution in [0.25, 0.3) is 0 Å². The predicted molar refractivity (Wildman–Crippen MR) is 40.7 cm³/mol. The lowest BCUT2D eigenvalue weighted by Crippen LogP contribution is -2.05. The van der Waals surface area contributed by atoms with Crippen LogP contribution in [-0.4, -0.2) is 10.0 Å². The lowest BCUT2D eigenvalue weighted by molar-refractivity contribution is -0.711. The second kappa shape index (κ2) is 3.48. The van der Waals surface area contributed by atoms with Crippen molar-refractivity contribution in [2.75, 3.05) is 0 Å². The van der Waals surface area contributed by atoms with Crippen LogP contribution >= 0.6 is 0 Å². The molecule has 0 aliphatic carbocycles. The molecule has 7 nitrogen and oxygen atoms in total. The Morgan fingerprint density at radius 1 is 1.15 bits per heavy atom. The van der Waals surface area contributed by atoms with Gasteiger partial charge in [0, 0.05) is 6.07 Å². The van der Waals surface area contributed by atoms with Crippen LogP contribution in [0.4, 0.5) is 5.69 Å². The molecule has 0 aliphatic heterocycles. The van der Waals surface area contributed by atoms with E-state index in [9.17, 15) is 20.2 Å². The Morgan fingerprint density at radius 2 is 1.77 bits per heavy atom. The topological polar surface area (TPSA) is 95.5 Å². The maximum atomic E-state index is 10.3. The highest BCUT2D eigenvalue weighted by Crippen LogP contribution is 2.25. The fourth-order valence-corrected chi connectivity index (χ4v) is 0.765. The first-order valence-corrected chi connectivity index (χ1v) is 3.17. The molecule has 0 spiro atoms. The van der Waals surface area contributed by atoms with Crippen molar-refractivity contribution in [3.8, 4) is 5.75 Å². The molecule has 0 heterocycles. The molecule has 13 heavy (non-hydrogen) atoms. The Labute approximate surface area is 71.8 Å². The maximum absolute atomic E-state index is 10.3. The molecule has 0 N–H and O–H groups in total. The molecule has 0 radical (unpaired) electrons. The highest BCUT2D eigenvalue weighted by Gasteiger charge is 2.15. The van der Waals surface area contributed by atoms with E-state index < -0.39 is 15.7 Å². The minimum absolute atomic E-state index is 0.377. The number of benzene rings is 1. The second-order valence-electron chi connectivity index (χ2n) is 2.04. The third-order valence-electron chi connectivity index (χ3n) is 1.23. The van der Waals surface area contributed by atoms with Gasteiger partial charge in [-0.3, -0.25) is 15.0 Å². The third-order valence-corrected chi connectivity index (χ3v) is 1.23. The molecule has 0 aromatic heterocycles. The van der Waals surface area contributed by atoms with Crippen molar-refractivity contribution in [3.63, 3.8) is 0 Å². The Hall–Kier alpha value is -2.18. The summed E-state index contributed by atoms with van der Waals surface area (Å²) in [6.07, 6.45) is 0. The Balaban J connectivity index is 3.04. The van der Waals surface area contributed by atoms with Crippen LogP contribution in [0.15, 0.2) is 24.3 Å². The summed E-state index contributed by atoms with van der Waals surface area (Å²) in [5.74, 6) is -0.377. The Bertz CT molecular complexity index is 351. The van der Waals surface area contributed by atoms with E-state index >= 15 is 0 Å². The van der Waals surface area contributed by atoms with E-state index in [-0.39, 0.29) is 5.75 Å². The molecule has 7 heteroatoms. The first kappa shape index (κ1) is 8.91. The molecule has 68 valence electrons. The van der Waals surface area contributed by atoms with E-state index in [1.807, 2.05) is 0 Å². The number of nitro benzene ring substituents is 1. The fourth-order valence-electron chi connectivity index (χ4n) is 0.765. The first-order valence-electron chi connectivity index (χ1n) is 3.17. The highest BCUT2D eigenvalue weighted by molar-refractivity contribution is 5.45. The van der Waals surface area contributed by atoms with Gasteiger partial charge in [-0.15, -0.1) is 10.1 Å². The average molecular weight is 184 g/mol. The molecule has 0 bridgehead atoms. The van der Waals surface area contributed by atoms with Gasteiger partial charge in [-0.25, -0.2) is 0 Å². The Kier molecular flexibility index (Phi) is 2.38. The summed E-state index contributed by atoms with van der Waals surface area (Å²) < 4.78 is 0. The lowest BCUT2D eigenvalue weighted by Gasteiger charge is -1.97. The molecular weight excluding hydrogens is 180 g/mol. The van der Waals surface area contributed by atoms with Crippen molar-refractivity contribution in [3.05, 3.63) is 44.5 Å². The molecule has 0 saturated carbocycles. The van der Waals surface area contributed by atoms with Gasteiger partial charge in [0.05, 0.1) is 4.92 Å². The summed E-state index contributed by atoms with van der Waals surface area (Å²) >= 11 is 0. The van der Waals surface area contributed by atoms with Gasteiger partial charge in [-0.1, -0.05) is 12.1 Å². The second-order valence-corrected chi connectivity index (χ2v) is 2.04. The number of nitro groups is 1. The van der Waals surface area contributed by atoms with Gasteiger partial charge >= 0.3 is 0 Å². The van der Waals surface area contributed by atoms with Crippen LogP contribution in [0.1, 0.15) is 0 Å². The van der Waals surface area contributed by atoms with E-state index in [0.717, 1.165) is 12.1 Å². The smallest absolute Gasteiger partial charge is 0.269 e. The van der Waals surface area contributed by atoms with Gasteiger partial charge in [0.2, 0.25) is 5.75 Å². The molecule has 0 saturated heterocycles. The number of hydrogen-bond donors (Lipinski definition) is 0. The zero-order valence-electron chi connectivity index (χ0n) is 6.25. The Morgan fingerprint density at radius 3 is 2.31 bits per heavy atom. The molecule has 1 aromatic carbocycles. The van der Waals surface area contributed by atoms with Crippen LogP contribution in [0.5, 0.6) is 5.75 Å². The van der Waals surface area contributed by atoms with Crippen molar-refractivity contribution >= 4 is 5.69 Å². The zero-order valence-corrected chi connectivity index (χ0v) is 6.25. The summed E-state index contributed by atoms with van der Waals surface area (Å²) in [5.41, 5.74) is -0.431. The monoisotopic (exact) mass is 184 g/mol. The van der Waals surface area contributed by atoms with Gasteiger partial charge in [-0.2, -0.15) is 0 Å². The predicted octanol–water partition coefficient (Wildman–Crippen LogP) is 1.17. The minimum Gasteiger partial charge on any atom is -0.269 e. The lowest BCUT2D eigenvalue weighted by atomic mass is 10.3. The van der Waals surface area contributed by atoms with Gasteiger partial charge in [-0.05, 0) is 6.07 Å². The van der Waals surface area contributed by atoms with E-state index in [1.54, 1.807) is 0 Å². The summed E-state index contributed by atoms with van der Waals surface area (Å²) in [5, 5.41) is 19.1. The molecule has 0 unspecified atom stereocenters. The first-order chi connectivity index (χ1) is 6.11. The van der Waals surface area contributed by atoms with Crippen LogP contribution in [0.3, 0.4) is 0 Å². The van der Waals surface area contributed by atoms with Crippen molar-refractivity contribution in [2.45, 2.75) is 0 Å². The number of para-hydroxylation sites is 2. The minimum atomic E-state index is -1.09. The molecule has 0 atom stereocenters. The molecular formula is C6H4N2O5. The number of rotatable bonds is 3. The van der Waals surface area contributed by atoms with E-state index in [0.29, 0.717) is 0 Å². The zero-order chi connectivity index (χ0) is 9.84. The van der Waals surface area contributed by atoms with Crippen molar-refractivity contribution in [1.29, 1.82) is 0 Å². The van der Waals surface area contributed by atoms with Gasteiger partial charge < -0.3 is 0 Å². The normalized spacial score (nSPS) is 9.23. The fraction of sp³-hybridized carbons (Fsp3) is 0. The molecule has 0 aliphatic rings. The largest absolute Gasteiger partial charge is 0.300 e. The van der Waals surface area contributed by atoms with E-state index in [1.165, 1.54) is 12.1 Å². The van der Waals surface area contributed by atoms with E-state index in [2.05, 4.69) is 4.84 Å². The summed E-state index contributed by atoms with van der Waals surface area (Å²) in [4.78, 5) is 23.4. The quantitative estimate of drug-likeness (QED) is 0.518. The van der Waals surface area contributed by atoms with Crippen molar-refractivity contribution < 1.29 is 14.8 Å². The van der Waals surface area contributed by atoms with Crippen LogP contribution < -0.4 is 4.84 Å². The van der Waals surface area contributed by atoms with Gasteiger partial charge in [0.1, 0.15) is 0 Å². The number of hydrogen-bond acceptors (Lipinski definition) is 5. The summed E-state index contributed by atoms with van der Waals surface area (Å²) in [6.45, 7) is 0. The SMILES string of the molecule is O=[N+]([O-])Oc1ccccc1[N+](=O)[O-]. The average Bonchev–Trinajstić information content (AvgIpc) is 2.03. The summed E-state index contributed by atoms with van der Waals surface area (Å²) in [6, 6.07) is 5.08. The van der Waals surface area contributed by atoms with Crippen LogP contribution in [0.2, 0.25) is 0 Å². The maximum Gasteiger partial charge on any atom is 0.300 e. The van der Waals surface area contributed by atoms with Crippen molar-refractivity contribution in [2.24, 2.45) is 0 Å². The standard InChI is InChI=1S/C6H4N2O5/c9-7(10)5-3-1-2-4-6(5)13-8(11)12/h1-4H.